The Balaban J connectivity index is 1.98. The Morgan fingerprint density at radius 3 is 2.58 bits per heavy atom. The summed E-state index contributed by atoms with van der Waals surface area (Å²) in [6, 6.07) is 5.13. The summed E-state index contributed by atoms with van der Waals surface area (Å²) in [5.74, 6) is -0.102. The van der Waals surface area contributed by atoms with Crippen LogP contribution in [-0.2, 0) is 0 Å². The van der Waals surface area contributed by atoms with E-state index in [1.54, 1.807) is 18.2 Å². The normalized spacial score (nSPS) is 20.4. The molecule has 1 aliphatic rings. The van der Waals surface area contributed by atoms with Gasteiger partial charge in [-0.3, -0.25) is 4.79 Å². The van der Waals surface area contributed by atoms with Crippen LogP contribution >= 0.6 is 23.2 Å². The molecular weight excluding hydrogens is 283 g/mol. The van der Waals surface area contributed by atoms with Crippen LogP contribution in [0.15, 0.2) is 18.2 Å². The molecule has 1 fully saturated rings. The maximum Gasteiger partial charge on any atom is 0.251 e. The summed E-state index contributed by atoms with van der Waals surface area (Å²) >= 11 is 11.8. The molecule has 1 aliphatic heterocycles. The second-order valence-electron chi connectivity index (χ2n) is 4.86. The molecule has 3 nitrogen and oxygen atoms in total. The molecule has 1 amide bonds. The van der Waals surface area contributed by atoms with Crippen molar-refractivity contribution in [2.45, 2.75) is 31.7 Å². The molecule has 0 aliphatic carbocycles. The van der Waals surface area contributed by atoms with Gasteiger partial charge in [0.15, 0.2) is 0 Å². The van der Waals surface area contributed by atoms with Gasteiger partial charge < -0.3 is 10.6 Å². The van der Waals surface area contributed by atoms with E-state index in [4.69, 9.17) is 23.2 Å². The van der Waals surface area contributed by atoms with Crippen LogP contribution in [0.4, 0.5) is 0 Å². The van der Waals surface area contributed by atoms with Crippen molar-refractivity contribution in [1.82, 2.24) is 10.6 Å². The van der Waals surface area contributed by atoms with Gasteiger partial charge in [-0.2, -0.15) is 0 Å². The average Bonchev–Trinajstić information content (AvgIpc) is 2.31. The lowest BCUT2D eigenvalue weighted by Crippen LogP contribution is -2.38. The van der Waals surface area contributed by atoms with Gasteiger partial charge in [0.05, 0.1) is 0 Å². The molecule has 1 atom stereocenters. The molecule has 1 heterocycles. The average molecular weight is 301 g/mol. The Labute approximate surface area is 123 Å². The molecule has 1 aromatic rings. The van der Waals surface area contributed by atoms with Crippen molar-refractivity contribution in [1.29, 1.82) is 0 Å². The molecule has 0 aromatic heterocycles. The van der Waals surface area contributed by atoms with E-state index in [9.17, 15) is 4.79 Å². The monoisotopic (exact) mass is 300 g/mol. The van der Waals surface area contributed by atoms with Crippen molar-refractivity contribution < 1.29 is 4.79 Å². The van der Waals surface area contributed by atoms with E-state index >= 15 is 0 Å². The van der Waals surface area contributed by atoms with E-state index in [1.807, 2.05) is 0 Å². The number of hydrogen-bond acceptors (Lipinski definition) is 2. The van der Waals surface area contributed by atoms with E-state index in [0.717, 1.165) is 38.8 Å². The molecule has 5 heteroatoms. The third kappa shape index (κ3) is 4.68. The van der Waals surface area contributed by atoms with Crippen molar-refractivity contribution in [2.24, 2.45) is 0 Å². The van der Waals surface area contributed by atoms with Crippen molar-refractivity contribution in [3.8, 4) is 0 Å². The van der Waals surface area contributed by atoms with Crippen LogP contribution < -0.4 is 10.6 Å². The summed E-state index contributed by atoms with van der Waals surface area (Å²) in [7, 11) is 0. The van der Waals surface area contributed by atoms with Crippen LogP contribution in [0.3, 0.4) is 0 Å². The van der Waals surface area contributed by atoms with Gasteiger partial charge in [-0.05, 0) is 50.6 Å². The zero-order valence-electron chi connectivity index (χ0n) is 10.7. The van der Waals surface area contributed by atoms with E-state index in [-0.39, 0.29) is 11.9 Å². The lowest BCUT2D eigenvalue weighted by atomic mass is 10.0. The zero-order valence-corrected chi connectivity index (χ0v) is 12.2. The van der Waals surface area contributed by atoms with Crippen LogP contribution in [0.25, 0.3) is 0 Å². The smallest absolute Gasteiger partial charge is 0.251 e. The van der Waals surface area contributed by atoms with Crippen LogP contribution in [-0.4, -0.2) is 25.0 Å². The molecule has 1 aromatic carbocycles. The number of nitrogens with one attached hydrogen (secondary N) is 2. The second-order valence-corrected chi connectivity index (χ2v) is 5.74. The number of carbonyl (C=O) groups is 1. The summed E-state index contributed by atoms with van der Waals surface area (Å²) in [4.78, 5) is 12.2. The van der Waals surface area contributed by atoms with Crippen LogP contribution in [0.5, 0.6) is 0 Å². The summed E-state index contributed by atoms with van der Waals surface area (Å²) in [6.45, 7) is 2.02. The Kier molecular flexibility index (Phi) is 5.49. The lowest BCUT2D eigenvalue weighted by Gasteiger charge is -2.21. The van der Waals surface area contributed by atoms with Gasteiger partial charge in [-0.25, -0.2) is 0 Å². The van der Waals surface area contributed by atoms with Crippen LogP contribution in [0.2, 0.25) is 10.0 Å². The molecular formula is C14H18Cl2N2O. The first-order valence-corrected chi connectivity index (χ1v) is 7.38. The fourth-order valence-electron chi connectivity index (χ4n) is 2.28. The molecule has 2 rings (SSSR count). The predicted molar refractivity (Wildman–Crippen MR) is 79.1 cm³/mol. The largest absolute Gasteiger partial charge is 0.349 e. The third-order valence-electron chi connectivity index (χ3n) is 3.29. The Morgan fingerprint density at radius 2 is 1.84 bits per heavy atom. The fraction of sp³-hybridized carbons (Fsp3) is 0.500. The lowest BCUT2D eigenvalue weighted by molar-refractivity contribution is 0.0931. The van der Waals surface area contributed by atoms with Gasteiger partial charge in [0.1, 0.15) is 0 Å². The van der Waals surface area contributed by atoms with Gasteiger partial charge in [0, 0.05) is 21.7 Å². The van der Waals surface area contributed by atoms with Gasteiger partial charge in [-0.15, -0.1) is 0 Å². The van der Waals surface area contributed by atoms with E-state index in [1.165, 1.54) is 0 Å². The number of carbonyl (C=O) groups excluding carboxylic acids is 1. The van der Waals surface area contributed by atoms with Crippen molar-refractivity contribution in [3.63, 3.8) is 0 Å². The highest BCUT2D eigenvalue weighted by Crippen LogP contribution is 2.19. The van der Waals surface area contributed by atoms with Gasteiger partial charge in [0.2, 0.25) is 0 Å². The minimum atomic E-state index is -0.102. The Hall–Kier alpha value is -0.770. The molecule has 19 heavy (non-hydrogen) atoms. The molecule has 0 spiro atoms. The first-order chi connectivity index (χ1) is 9.15. The van der Waals surface area contributed by atoms with Crippen LogP contribution in [0, 0.1) is 0 Å². The summed E-state index contributed by atoms with van der Waals surface area (Å²) in [5.41, 5.74) is 0.521. The summed E-state index contributed by atoms with van der Waals surface area (Å²) in [6.07, 6.45) is 4.28. The van der Waals surface area contributed by atoms with E-state index < -0.39 is 0 Å². The minimum Gasteiger partial charge on any atom is -0.349 e. The molecule has 2 N–H and O–H groups in total. The quantitative estimate of drug-likeness (QED) is 0.880. The van der Waals surface area contributed by atoms with Crippen molar-refractivity contribution in [2.75, 3.05) is 13.1 Å². The SMILES string of the molecule is O=C(NC1CCCCNCC1)c1cc(Cl)cc(Cl)c1. The Morgan fingerprint density at radius 1 is 1.11 bits per heavy atom. The zero-order chi connectivity index (χ0) is 13.7. The fourth-order valence-corrected chi connectivity index (χ4v) is 2.81. The van der Waals surface area contributed by atoms with Crippen LogP contribution in [0.1, 0.15) is 36.0 Å². The molecule has 0 radical (unpaired) electrons. The number of rotatable bonds is 2. The predicted octanol–water partition coefficient (Wildman–Crippen LogP) is 3.26. The number of hydrogen-bond donors (Lipinski definition) is 2. The second kappa shape index (κ2) is 7.13. The Bertz CT molecular complexity index is 423. The summed E-state index contributed by atoms with van der Waals surface area (Å²) < 4.78 is 0. The number of halogens is 2. The first-order valence-electron chi connectivity index (χ1n) is 6.63. The van der Waals surface area contributed by atoms with Gasteiger partial charge in [0.25, 0.3) is 5.91 Å². The highest BCUT2D eigenvalue weighted by atomic mass is 35.5. The number of amides is 1. The molecule has 1 saturated heterocycles. The maximum absolute atomic E-state index is 12.2. The van der Waals surface area contributed by atoms with Gasteiger partial charge >= 0.3 is 0 Å². The molecule has 0 bridgehead atoms. The highest BCUT2D eigenvalue weighted by molar-refractivity contribution is 6.35. The van der Waals surface area contributed by atoms with Gasteiger partial charge in [-0.1, -0.05) is 29.6 Å². The molecule has 104 valence electrons. The minimum absolute atomic E-state index is 0.102. The highest BCUT2D eigenvalue weighted by Gasteiger charge is 2.15. The maximum atomic E-state index is 12.2. The number of benzene rings is 1. The third-order valence-corrected chi connectivity index (χ3v) is 3.72. The molecule has 1 unspecified atom stereocenters. The standard InChI is InChI=1S/C14H18Cl2N2O/c15-11-7-10(8-12(16)9-11)14(19)18-13-3-1-2-5-17-6-4-13/h7-9,13,17H,1-6H2,(H,18,19). The summed E-state index contributed by atoms with van der Waals surface area (Å²) in [5, 5.41) is 7.38. The van der Waals surface area contributed by atoms with E-state index in [0.29, 0.717) is 15.6 Å². The molecule has 0 saturated carbocycles. The van der Waals surface area contributed by atoms with Crippen molar-refractivity contribution in [3.05, 3.63) is 33.8 Å². The first kappa shape index (κ1) is 14.6. The van der Waals surface area contributed by atoms with Crippen molar-refractivity contribution >= 4 is 29.1 Å². The topological polar surface area (TPSA) is 41.1 Å². The van der Waals surface area contributed by atoms with E-state index in [2.05, 4.69) is 10.6 Å².